The van der Waals surface area contributed by atoms with Crippen molar-refractivity contribution in [1.29, 1.82) is 0 Å². The van der Waals surface area contributed by atoms with Crippen LogP contribution in [0.3, 0.4) is 0 Å². The highest BCUT2D eigenvalue weighted by Crippen LogP contribution is 2.24. The molecule has 2 aromatic rings. The lowest BCUT2D eigenvalue weighted by Gasteiger charge is -2.16. The first kappa shape index (κ1) is 17.6. The fourth-order valence-corrected chi connectivity index (χ4v) is 3.78. The summed E-state index contributed by atoms with van der Waals surface area (Å²) >= 11 is 1.75. The topological polar surface area (TPSA) is 38.1 Å². The quantitative estimate of drug-likeness (QED) is 0.711. The molecule has 1 aromatic heterocycles. The van der Waals surface area contributed by atoms with Crippen LogP contribution in [0.1, 0.15) is 57.1 Å². The summed E-state index contributed by atoms with van der Waals surface area (Å²) in [5.74, 6) is 0.855. The van der Waals surface area contributed by atoms with Crippen LogP contribution < -0.4 is 5.32 Å². The molecule has 1 fully saturated rings. The Hall–Kier alpha value is -1.26. The highest BCUT2D eigenvalue weighted by molar-refractivity contribution is 7.98. The van der Waals surface area contributed by atoms with Crippen LogP contribution in [0.2, 0.25) is 0 Å². The third kappa shape index (κ3) is 5.12. The summed E-state index contributed by atoms with van der Waals surface area (Å²) in [6, 6.07) is 11.1. The molecule has 1 aliphatic rings. The van der Waals surface area contributed by atoms with Crippen LogP contribution in [-0.4, -0.2) is 17.5 Å². The molecule has 0 aliphatic heterocycles. The van der Waals surface area contributed by atoms with E-state index < -0.39 is 0 Å². The van der Waals surface area contributed by atoms with Crippen molar-refractivity contribution in [2.75, 3.05) is 6.26 Å². The first-order valence-corrected chi connectivity index (χ1v) is 10.4. The fraction of sp³-hybridized carbons (Fsp3) is 0.550. The van der Waals surface area contributed by atoms with Gasteiger partial charge in [0.2, 0.25) is 0 Å². The largest absolute Gasteiger partial charge is 0.356 e. The second kappa shape index (κ2) is 9.28. The van der Waals surface area contributed by atoms with Gasteiger partial charge in [-0.15, -0.1) is 11.8 Å². The Morgan fingerprint density at radius 2 is 1.71 bits per heavy atom. The summed E-state index contributed by atoms with van der Waals surface area (Å²) in [6.07, 6.45) is 13.0. The molecule has 0 radical (unpaired) electrons. The van der Waals surface area contributed by atoms with Gasteiger partial charge in [0.25, 0.3) is 0 Å². The lowest BCUT2D eigenvalue weighted by molar-refractivity contribution is 0.400. The van der Waals surface area contributed by atoms with Crippen molar-refractivity contribution < 1.29 is 4.52 Å². The minimum atomic E-state index is 0.629. The number of nitrogens with one attached hydrogen (secondary N) is 1. The van der Waals surface area contributed by atoms with Gasteiger partial charge in [0.1, 0.15) is 0 Å². The highest BCUT2D eigenvalue weighted by Gasteiger charge is 2.12. The van der Waals surface area contributed by atoms with Crippen LogP contribution in [0.15, 0.2) is 39.8 Å². The Morgan fingerprint density at radius 1 is 1.04 bits per heavy atom. The smallest absolute Gasteiger partial charge is 0.167 e. The Kier molecular flexibility index (Phi) is 6.79. The van der Waals surface area contributed by atoms with Crippen molar-refractivity contribution in [3.63, 3.8) is 0 Å². The molecular formula is C20H28N2OS. The summed E-state index contributed by atoms with van der Waals surface area (Å²) < 4.78 is 5.53. The molecule has 4 heteroatoms. The van der Waals surface area contributed by atoms with Gasteiger partial charge >= 0.3 is 0 Å². The molecule has 1 N–H and O–H groups in total. The van der Waals surface area contributed by atoms with E-state index in [2.05, 4.69) is 47.1 Å². The van der Waals surface area contributed by atoms with Crippen LogP contribution in [0, 0.1) is 0 Å². The molecule has 130 valence electrons. The zero-order chi connectivity index (χ0) is 16.6. The number of aromatic nitrogens is 1. The maximum absolute atomic E-state index is 5.53. The second-order valence-corrected chi connectivity index (χ2v) is 7.57. The summed E-state index contributed by atoms with van der Waals surface area (Å²) in [5.41, 5.74) is 2.09. The van der Waals surface area contributed by atoms with E-state index in [1.807, 2.05) is 0 Å². The van der Waals surface area contributed by atoms with Gasteiger partial charge < -0.3 is 9.84 Å². The molecule has 0 amide bonds. The van der Waals surface area contributed by atoms with Gasteiger partial charge in [0, 0.05) is 29.1 Å². The van der Waals surface area contributed by atoms with Gasteiger partial charge in [-0.1, -0.05) is 55.8 Å². The van der Waals surface area contributed by atoms with E-state index in [0.717, 1.165) is 23.6 Å². The number of hydrogen-bond acceptors (Lipinski definition) is 4. The lowest BCUT2D eigenvalue weighted by Crippen LogP contribution is -2.28. The molecule has 1 aromatic carbocycles. The van der Waals surface area contributed by atoms with E-state index in [1.54, 1.807) is 11.8 Å². The Bertz CT molecular complexity index is 598. The van der Waals surface area contributed by atoms with E-state index in [-0.39, 0.29) is 0 Å². The molecule has 0 unspecified atom stereocenters. The van der Waals surface area contributed by atoms with Crippen LogP contribution in [0.25, 0.3) is 11.3 Å². The number of rotatable bonds is 5. The van der Waals surface area contributed by atoms with Crippen molar-refractivity contribution >= 4 is 11.8 Å². The zero-order valence-electron chi connectivity index (χ0n) is 14.6. The molecule has 1 aliphatic carbocycles. The second-order valence-electron chi connectivity index (χ2n) is 6.69. The Labute approximate surface area is 149 Å². The zero-order valence-corrected chi connectivity index (χ0v) is 15.4. The van der Waals surface area contributed by atoms with Crippen molar-refractivity contribution in [1.82, 2.24) is 10.5 Å². The fourth-order valence-electron chi connectivity index (χ4n) is 3.37. The van der Waals surface area contributed by atoms with E-state index in [0.29, 0.717) is 6.04 Å². The average Bonchev–Trinajstić information content (AvgIpc) is 3.13. The number of thioether (sulfide) groups is 1. The van der Waals surface area contributed by atoms with Crippen molar-refractivity contribution in [3.05, 3.63) is 36.0 Å². The molecule has 1 saturated carbocycles. The van der Waals surface area contributed by atoms with Crippen LogP contribution in [0.4, 0.5) is 0 Å². The van der Waals surface area contributed by atoms with Gasteiger partial charge in [-0.05, 0) is 31.2 Å². The van der Waals surface area contributed by atoms with E-state index in [4.69, 9.17) is 4.52 Å². The summed E-state index contributed by atoms with van der Waals surface area (Å²) in [6.45, 7) is 0.803. The van der Waals surface area contributed by atoms with E-state index >= 15 is 0 Å². The monoisotopic (exact) mass is 344 g/mol. The highest BCUT2D eigenvalue weighted by atomic mass is 32.2. The Balaban J connectivity index is 1.54. The van der Waals surface area contributed by atoms with Crippen LogP contribution >= 0.6 is 11.8 Å². The SMILES string of the molecule is CSc1ccc(-c2cc(CNC3CCCCCCCC3)no2)cc1. The molecule has 3 rings (SSSR count). The first-order valence-electron chi connectivity index (χ1n) is 9.18. The third-order valence-electron chi connectivity index (χ3n) is 4.86. The summed E-state index contributed by atoms with van der Waals surface area (Å²) in [5, 5.41) is 7.93. The van der Waals surface area contributed by atoms with Gasteiger partial charge in [0.15, 0.2) is 5.76 Å². The molecule has 0 saturated heterocycles. The predicted molar refractivity (Wildman–Crippen MR) is 101 cm³/mol. The maximum Gasteiger partial charge on any atom is 0.167 e. The lowest BCUT2D eigenvalue weighted by atomic mass is 10.0. The number of hydrogen-bond donors (Lipinski definition) is 1. The minimum absolute atomic E-state index is 0.629. The normalized spacial score (nSPS) is 17.2. The van der Waals surface area contributed by atoms with Gasteiger partial charge in [-0.3, -0.25) is 0 Å². The third-order valence-corrected chi connectivity index (χ3v) is 5.60. The Morgan fingerprint density at radius 3 is 2.38 bits per heavy atom. The summed E-state index contributed by atoms with van der Waals surface area (Å²) in [7, 11) is 0. The van der Waals surface area contributed by atoms with Crippen molar-refractivity contribution in [3.8, 4) is 11.3 Å². The molecule has 1 heterocycles. The predicted octanol–water partition coefficient (Wildman–Crippen LogP) is 5.66. The van der Waals surface area contributed by atoms with Gasteiger partial charge in [-0.25, -0.2) is 0 Å². The average molecular weight is 345 g/mol. The molecule has 0 spiro atoms. The van der Waals surface area contributed by atoms with E-state index in [9.17, 15) is 0 Å². The summed E-state index contributed by atoms with van der Waals surface area (Å²) in [4.78, 5) is 1.26. The minimum Gasteiger partial charge on any atom is -0.356 e. The maximum atomic E-state index is 5.53. The first-order chi connectivity index (χ1) is 11.8. The number of nitrogens with zero attached hydrogens (tertiary/aromatic N) is 1. The standard InChI is InChI=1S/C20H28N2OS/c1-24-19-12-10-16(11-13-19)20-14-18(22-23-20)15-21-17-8-6-4-2-3-5-7-9-17/h10-14,17,21H,2-9,15H2,1H3. The van der Waals surface area contributed by atoms with Crippen molar-refractivity contribution in [2.24, 2.45) is 0 Å². The van der Waals surface area contributed by atoms with Gasteiger partial charge in [-0.2, -0.15) is 0 Å². The molecule has 3 nitrogen and oxygen atoms in total. The molecule has 24 heavy (non-hydrogen) atoms. The van der Waals surface area contributed by atoms with Crippen molar-refractivity contribution in [2.45, 2.75) is 68.8 Å². The molecule has 0 bridgehead atoms. The number of benzene rings is 1. The van der Waals surface area contributed by atoms with Gasteiger partial charge in [0.05, 0.1) is 5.69 Å². The van der Waals surface area contributed by atoms with Crippen LogP contribution in [0.5, 0.6) is 0 Å². The van der Waals surface area contributed by atoms with E-state index in [1.165, 1.54) is 56.3 Å². The molecule has 0 atom stereocenters. The van der Waals surface area contributed by atoms with Crippen LogP contribution in [-0.2, 0) is 6.54 Å². The molecular weight excluding hydrogens is 316 g/mol.